The molecule has 2 N–H and O–H groups in total. The third-order valence-corrected chi connectivity index (χ3v) is 3.89. The number of carbonyl (C=O) groups is 2. The number of methoxy groups -OCH3 is 1. The summed E-state index contributed by atoms with van der Waals surface area (Å²) in [5.74, 6) is -0.620. The summed E-state index contributed by atoms with van der Waals surface area (Å²) in [4.78, 5) is 28.2. The van der Waals surface area contributed by atoms with Gasteiger partial charge in [-0.15, -0.1) is 0 Å². The van der Waals surface area contributed by atoms with Crippen LogP contribution >= 0.6 is 31.9 Å². The number of rotatable bonds is 5. The molecule has 8 heteroatoms. The summed E-state index contributed by atoms with van der Waals surface area (Å²) in [6.45, 7) is 0. The zero-order chi connectivity index (χ0) is 17.5. The largest absolute Gasteiger partial charge is 0.464 e. The molecule has 0 saturated carbocycles. The number of hydrogen-bond donors (Lipinski definition) is 2. The fraction of sp³-hybridized carbons (Fsp3) is 0.0625. The number of aromatic nitrogens is 1. The molecule has 1 amide bonds. The highest BCUT2D eigenvalue weighted by atomic mass is 79.9. The van der Waals surface area contributed by atoms with Crippen LogP contribution in [0.4, 0.5) is 5.82 Å². The predicted molar refractivity (Wildman–Crippen MR) is 97.3 cm³/mol. The van der Waals surface area contributed by atoms with Gasteiger partial charge in [-0.1, -0.05) is 18.2 Å². The summed E-state index contributed by atoms with van der Waals surface area (Å²) >= 11 is 6.65. The van der Waals surface area contributed by atoms with Crippen molar-refractivity contribution < 1.29 is 14.3 Å². The molecule has 0 atom stereocenters. The first-order chi connectivity index (χ1) is 11.5. The highest BCUT2D eigenvalue weighted by molar-refractivity contribution is 9.11. The molecule has 1 heterocycles. The number of benzene rings is 1. The molecule has 1 aromatic carbocycles. The lowest BCUT2D eigenvalue weighted by molar-refractivity contribution is -0.136. The van der Waals surface area contributed by atoms with Gasteiger partial charge in [-0.3, -0.25) is 4.79 Å². The first-order valence-electron chi connectivity index (χ1n) is 6.73. The van der Waals surface area contributed by atoms with Gasteiger partial charge < -0.3 is 15.4 Å². The SMILES string of the molecule is COC(=O)/C(=C/Nc1ncc(Br)cc1Br)NC(=O)c1ccccc1. The Hall–Kier alpha value is -2.19. The number of esters is 1. The number of amides is 1. The summed E-state index contributed by atoms with van der Waals surface area (Å²) in [6.07, 6.45) is 2.93. The van der Waals surface area contributed by atoms with Crippen LogP contribution in [0.15, 0.2) is 63.4 Å². The third kappa shape index (κ3) is 4.90. The lowest BCUT2D eigenvalue weighted by Gasteiger charge is -2.09. The quantitative estimate of drug-likeness (QED) is 0.534. The van der Waals surface area contributed by atoms with Gasteiger partial charge in [-0.25, -0.2) is 9.78 Å². The summed E-state index contributed by atoms with van der Waals surface area (Å²) in [5.41, 5.74) is 0.387. The van der Waals surface area contributed by atoms with E-state index in [4.69, 9.17) is 0 Å². The Morgan fingerprint density at radius 2 is 1.92 bits per heavy atom. The minimum Gasteiger partial charge on any atom is -0.464 e. The van der Waals surface area contributed by atoms with Gasteiger partial charge in [0.1, 0.15) is 11.5 Å². The maximum Gasteiger partial charge on any atom is 0.356 e. The van der Waals surface area contributed by atoms with Crippen LogP contribution in [0.5, 0.6) is 0 Å². The van der Waals surface area contributed by atoms with Crippen LogP contribution in [0, 0.1) is 0 Å². The van der Waals surface area contributed by atoms with E-state index in [2.05, 4.69) is 52.2 Å². The molecular weight excluding hydrogens is 442 g/mol. The average molecular weight is 455 g/mol. The Labute approximate surface area is 155 Å². The Morgan fingerprint density at radius 3 is 2.54 bits per heavy atom. The molecule has 0 aliphatic heterocycles. The number of pyridine rings is 1. The van der Waals surface area contributed by atoms with Crippen molar-refractivity contribution in [2.75, 3.05) is 12.4 Å². The summed E-state index contributed by atoms with van der Waals surface area (Å²) < 4.78 is 6.17. The van der Waals surface area contributed by atoms with Crippen molar-refractivity contribution >= 4 is 49.6 Å². The highest BCUT2D eigenvalue weighted by Gasteiger charge is 2.15. The molecule has 0 spiro atoms. The van der Waals surface area contributed by atoms with E-state index in [9.17, 15) is 9.59 Å². The van der Waals surface area contributed by atoms with E-state index >= 15 is 0 Å². The Balaban J connectivity index is 2.18. The molecule has 0 fully saturated rings. The molecule has 0 bridgehead atoms. The first-order valence-corrected chi connectivity index (χ1v) is 8.32. The van der Waals surface area contributed by atoms with E-state index < -0.39 is 11.9 Å². The van der Waals surface area contributed by atoms with Crippen molar-refractivity contribution in [3.05, 3.63) is 69.0 Å². The standard InChI is InChI=1S/C16H13Br2N3O3/c1-24-16(23)13(21-15(22)10-5-3-2-4-6-10)9-20-14-12(18)7-11(17)8-19-14/h2-9H,1H3,(H,19,20)(H,21,22)/b13-9-. The smallest absolute Gasteiger partial charge is 0.356 e. The lowest BCUT2D eigenvalue weighted by Crippen LogP contribution is -2.28. The number of ether oxygens (including phenoxy) is 1. The number of nitrogens with one attached hydrogen (secondary N) is 2. The summed E-state index contributed by atoms with van der Waals surface area (Å²) in [6, 6.07) is 10.3. The molecule has 0 unspecified atom stereocenters. The van der Waals surface area contributed by atoms with Gasteiger partial charge in [-0.05, 0) is 50.1 Å². The van der Waals surface area contributed by atoms with Gasteiger partial charge in [0.05, 0.1) is 11.6 Å². The number of halogens is 2. The van der Waals surface area contributed by atoms with Crippen LogP contribution in [0.3, 0.4) is 0 Å². The second-order valence-electron chi connectivity index (χ2n) is 4.50. The van der Waals surface area contributed by atoms with E-state index in [0.29, 0.717) is 15.9 Å². The maximum absolute atomic E-state index is 12.2. The fourth-order valence-electron chi connectivity index (χ4n) is 1.70. The number of anilines is 1. The van der Waals surface area contributed by atoms with Crippen LogP contribution in [0.1, 0.15) is 10.4 Å². The average Bonchev–Trinajstić information content (AvgIpc) is 2.59. The Bertz CT molecular complexity index is 779. The molecule has 0 saturated heterocycles. The molecule has 0 aliphatic rings. The van der Waals surface area contributed by atoms with E-state index in [1.807, 2.05) is 0 Å². The minimum absolute atomic E-state index is 0.0389. The van der Waals surface area contributed by atoms with Gasteiger partial charge in [0.2, 0.25) is 0 Å². The van der Waals surface area contributed by atoms with Crippen LogP contribution in [-0.4, -0.2) is 24.0 Å². The Morgan fingerprint density at radius 1 is 1.21 bits per heavy atom. The van der Waals surface area contributed by atoms with E-state index in [1.165, 1.54) is 13.3 Å². The van der Waals surface area contributed by atoms with Crippen molar-refractivity contribution in [1.29, 1.82) is 0 Å². The van der Waals surface area contributed by atoms with Gasteiger partial charge >= 0.3 is 5.97 Å². The van der Waals surface area contributed by atoms with E-state index in [-0.39, 0.29) is 5.70 Å². The second-order valence-corrected chi connectivity index (χ2v) is 6.27. The highest BCUT2D eigenvalue weighted by Crippen LogP contribution is 2.23. The van der Waals surface area contributed by atoms with Crippen molar-refractivity contribution in [3.63, 3.8) is 0 Å². The van der Waals surface area contributed by atoms with Gasteiger partial charge in [0.25, 0.3) is 5.91 Å². The zero-order valence-electron chi connectivity index (χ0n) is 12.5. The van der Waals surface area contributed by atoms with E-state index in [1.54, 1.807) is 42.6 Å². The monoisotopic (exact) mass is 453 g/mol. The van der Waals surface area contributed by atoms with Gasteiger partial charge in [-0.2, -0.15) is 0 Å². The molecule has 124 valence electrons. The van der Waals surface area contributed by atoms with Crippen LogP contribution in [0.25, 0.3) is 0 Å². The van der Waals surface area contributed by atoms with Crippen molar-refractivity contribution in [2.24, 2.45) is 0 Å². The maximum atomic E-state index is 12.2. The first kappa shape index (κ1) is 18.2. The molecule has 1 aromatic heterocycles. The molecule has 6 nitrogen and oxygen atoms in total. The molecular formula is C16H13Br2N3O3. The van der Waals surface area contributed by atoms with Crippen LogP contribution < -0.4 is 10.6 Å². The molecule has 0 radical (unpaired) electrons. The topological polar surface area (TPSA) is 80.3 Å². The molecule has 2 aromatic rings. The van der Waals surface area contributed by atoms with Gasteiger partial charge in [0.15, 0.2) is 0 Å². The molecule has 0 aliphatic carbocycles. The fourth-order valence-corrected chi connectivity index (χ4v) is 2.80. The number of nitrogens with zero attached hydrogens (tertiary/aromatic N) is 1. The van der Waals surface area contributed by atoms with Gasteiger partial charge in [0, 0.05) is 22.4 Å². The van der Waals surface area contributed by atoms with Crippen molar-refractivity contribution in [3.8, 4) is 0 Å². The summed E-state index contributed by atoms with van der Waals surface area (Å²) in [5, 5.41) is 5.37. The third-order valence-electron chi connectivity index (χ3n) is 2.85. The van der Waals surface area contributed by atoms with Crippen molar-refractivity contribution in [2.45, 2.75) is 0 Å². The number of carbonyl (C=O) groups excluding carboxylic acids is 2. The number of hydrogen-bond acceptors (Lipinski definition) is 5. The molecule has 2 rings (SSSR count). The predicted octanol–water partition coefficient (Wildman–Crippen LogP) is 3.46. The zero-order valence-corrected chi connectivity index (χ0v) is 15.7. The Kier molecular flexibility index (Phi) is 6.51. The van der Waals surface area contributed by atoms with Crippen LogP contribution in [-0.2, 0) is 9.53 Å². The lowest BCUT2D eigenvalue weighted by atomic mass is 10.2. The van der Waals surface area contributed by atoms with E-state index in [0.717, 1.165) is 4.47 Å². The summed E-state index contributed by atoms with van der Waals surface area (Å²) in [7, 11) is 1.23. The van der Waals surface area contributed by atoms with Crippen molar-refractivity contribution in [1.82, 2.24) is 10.3 Å². The minimum atomic E-state index is -0.681. The normalized spacial score (nSPS) is 10.9. The second kappa shape index (κ2) is 8.60. The molecule has 24 heavy (non-hydrogen) atoms. The van der Waals surface area contributed by atoms with Crippen LogP contribution in [0.2, 0.25) is 0 Å².